The van der Waals surface area contributed by atoms with Crippen molar-refractivity contribution in [3.8, 4) is 0 Å². The number of hydrazine groups is 1. The molecular weight excluding hydrogens is 340 g/mol. The van der Waals surface area contributed by atoms with E-state index in [9.17, 15) is 9.59 Å². The topological polar surface area (TPSA) is 55.9 Å². The Morgan fingerprint density at radius 1 is 1.15 bits per heavy atom. The largest absolute Gasteiger partial charge is 0.343 e. The summed E-state index contributed by atoms with van der Waals surface area (Å²) in [4.78, 5) is 28.8. The summed E-state index contributed by atoms with van der Waals surface area (Å²) >= 11 is 0. The lowest BCUT2D eigenvalue weighted by Gasteiger charge is -2.32. The molecule has 144 valence electrons. The van der Waals surface area contributed by atoms with Crippen LogP contribution in [-0.2, 0) is 9.59 Å². The average Bonchev–Trinajstić information content (AvgIpc) is 3.33. The SMILES string of the molecule is Cc1ccc(C2CC3C(=O)N(CCC(=O)N4CCCC4)C=CN3N2)cc1C. The first-order valence-electron chi connectivity index (χ1n) is 9.91. The van der Waals surface area contributed by atoms with Crippen LogP contribution in [0.25, 0.3) is 0 Å². The minimum Gasteiger partial charge on any atom is -0.343 e. The van der Waals surface area contributed by atoms with Gasteiger partial charge in [0.1, 0.15) is 6.04 Å². The van der Waals surface area contributed by atoms with Gasteiger partial charge >= 0.3 is 0 Å². The van der Waals surface area contributed by atoms with Crippen molar-refractivity contribution in [3.05, 3.63) is 47.3 Å². The van der Waals surface area contributed by atoms with Crippen molar-refractivity contribution in [2.75, 3.05) is 19.6 Å². The number of carbonyl (C=O) groups is 2. The summed E-state index contributed by atoms with van der Waals surface area (Å²) in [7, 11) is 0. The van der Waals surface area contributed by atoms with Crippen molar-refractivity contribution >= 4 is 11.8 Å². The molecule has 0 aromatic heterocycles. The van der Waals surface area contributed by atoms with Crippen molar-refractivity contribution in [2.24, 2.45) is 0 Å². The minimum absolute atomic E-state index is 0.0746. The Kier molecular flexibility index (Phi) is 4.91. The van der Waals surface area contributed by atoms with Gasteiger partial charge in [-0.15, -0.1) is 0 Å². The normalized spacial score (nSPS) is 24.7. The van der Waals surface area contributed by atoms with E-state index < -0.39 is 0 Å². The fourth-order valence-corrected chi connectivity index (χ4v) is 4.16. The zero-order valence-electron chi connectivity index (χ0n) is 16.1. The second-order valence-electron chi connectivity index (χ2n) is 7.85. The van der Waals surface area contributed by atoms with Crippen LogP contribution in [0.1, 0.15) is 48.4 Å². The summed E-state index contributed by atoms with van der Waals surface area (Å²) in [5.74, 6) is 0.235. The Labute approximate surface area is 160 Å². The molecule has 3 heterocycles. The van der Waals surface area contributed by atoms with E-state index in [0.29, 0.717) is 13.0 Å². The van der Waals surface area contributed by atoms with E-state index in [0.717, 1.165) is 32.4 Å². The van der Waals surface area contributed by atoms with Crippen molar-refractivity contribution in [2.45, 2.75) is 51.6 Å². The maximum absolute atomic E-state index is 12.9. The number of hydrogen-bond donors (Lipinski definition) is 1. The fraction of sp³-hybridized carbons (Fsp3) is 0.524. The van der Waals surface area contributed by atoms with Crippen LogP contribution in [0.15, 0.2) is 30.6 Å². The van der Waals surface area contributed by atoms with E-state index >= 15 is 0 Å². The maximum Gasteiger partial charge on any atom is 0.250 e. The van der Waals surface area contributed by atoms with Gasteiger partial charge in [-0.1, -0.05) is 18.2 Å². The van der Waals surface area contributed by atoms with E-state index in [4.69, 9.17) is 0 Å². The van der Waals surface area contributed by atoms with Gasteiger partial charge in [-0.25, -0.2) is 5.43 Å². The quantitative estimate of drug-likeness (QED) is 0.886. The van der Waals surface area contributed by atoms with Gasteiger partial charge in [-0.05, 0) is 49.8 Å². The highest BCUT2D eigenvalue weighted by Crippen LogP contribution is 2.31. The Bertz CT molecular complexity index is 769. The number of benzene rings is 1. The number of likely N-dealkylation sites (tertiary alicyclic amines) is 1. The molecule has 0 bridgehead atoms. The van der Waals surface area contributed by atoms with Crippen LogP contribution in [-0.4, -0.2) is 52.3 Å². The van der Waals surface area contributed by atoms with Crippen LogP contribution in [0.3, 0.4) is 0 Å². The molecular formula is C21H28N4O2. The van der Waals surface area contributed by atoms with Crippen LogP contribution >= 0.6 is 0 Å². The molecule has 3 aliphatic rings. The van der Waals surface area contributed by atoms with Crippen molar-refractivity contribution in [1.82, 2.24) is 20.2 Å². The number of carbonyl (C=O) groups excluding carboxylic acids is 2. The van der Waals surface area contributed by atoms with Gasteiger partial charge in [-0.3, -0.25) is 9.59 Å². The molecule has 1 N–H and O–H groups in total. The van der Waals surface area contributed by atoms with Gasteiger partial charge in [0.2, 0.25) is 5.91 Å². The molecule has 0 spiro atoms. The standard InChI is InChI=1S/C21H28N4O2/c1-15-5-6-17(13-16(15)2)18-14-19-21(27)24(11-12-25(19)22-18)10-7-20(26)23-8-3-4-9-23/h5-6,11-13,18-19,22H,3-4,7-10,14H2,1-2H3. The van der Waals surface area contributed by atoms with E-state index in [2.05, 4.69) is 37.5 Å². The van der Waals surface area contributed by atoms with Crippen LogP contribution in [0.2, 0.25) is 0 Å². The van der Waals surface area contributed by atoms with Crippen LogP contribution in [0, 0.1) is 13.8 Å². The van der Waals surface area contributed by atoms with Gasteiger partial charge in [0.05, 0.1) is 6.04 Å². The van der Waals surface area contributed by atoms with Crippen LogP contribution in [0.4, 0.5) is 0 Å². The third kappa shape index (κ3) is 3.58. The third-order valence-electron chi connectivity index (χ3n) is 6.03. The molecule has 0 aliphatic carbocycles. The number of aryl methyl sites for hydroxylation is 2. The third-order valence-corrected chi connectivity index (χ3v) is 6.03. The molecule has 1 aromatic carbocycles. The van der Waals surface area contributed by atoms with Crippen molar-refractivity contribution in [3.63, 3.8) is 0 Å². The predicted octanol–water partition coefficient (Wildman–Crippen LogP) is 2.25. The first-order chi connectivity index (χ1) is 13.0. The second kappa shape index (κ2) is 7.35. The van der Waals surface area contributed by atoms with Crippen LogP contribution < -0.4 is 5.43 Å². The number of nitrogens with one attached hydrogen (secondary N) is 1. The maximum atomic E-state index is 12.9. The summed E-state index contributed by atoms with van der Waals surface area (Å²) in [5.41, 5.74) is 7.20. The fourth-order valence-electron chi connectivity index (χ4n) is 4.16. The summed E-state index contributed by atoms with van der Waals surface area (Å²) in [6.07, 6.45) is 7.05. The Balaban J connectivity index is 1.38. The van der Waals surface area contributed by atoms with Crippen molar-refractivity contribution in [1.29, 1.82) is 0 Å². The lowest BCUT2D eigenvalue weighted by molar-refractivity contribution is -0.135. The first kappa shape index (κ1) is 18.0. The lowest BCUT2D eigenvalue weighted by atomic mass is 9.97. The zero-order valence-corrected chi connectivity index (χ0v) is 16.1. The zero-order chi connectivity index (χ0) is 19.0. The van der Waals surface area contributed by atoms with Gasteiger partial charge in [0.25, 0.3) is 5.91 Å². The molecule has 0 saturated carbocycles. The van der Waals surface area contributed by atoms with Gasteiger partial charge in [-0.2, -0.15) is 0 Å². The Hall–Kier alpha value is -2.34. The monoisotopic (exact) mass is 368 g/mol. The highest BCUT2D eigenvalue weighted by Gasteiger charge is 2.40. The van der Waals surface area contributed by atoms with E-state index in [1.54, 1.807) is 11.1 Å². The molecule has 3 aliphatic heterocycles. The van der Waals surface area contributed by atoms with E-state index in [1.165, 1.54) is 16.7 Å². The highest BCUT2D eigenvalue weighted by atomic mass is 16.2. The Morgan fingerprint density at radius 3 is 2.67 bits per heavy atom. The molecule has 2 atom stereocenters. The second-order valence-corrected chi connectivity index (χ2v) is 7.85. The molecule has 2 fully saturated rings. The van der Waals surface area contributed by atoms with Gasteiger partial charge in [0, 0.05) is 38.5 Å². The van der Waals surface area contributed by atoms with Crippen molar-refractivity contribution < 1.29 is 9.59 Å². The summed E-state index contributed by atoms with van der Waals surface area (Å²) in [6, 6.07) is 6.40. The smallest absolute Gasteiger partial charge is 0.250 e. The number of hydrogen-bond acceptors (Lipinski definition) is 4. The molecule has 4 rings (SSSR count). The van der Waals surface area contributed by atoms with Crippen LogP contribution in [0.5, 0.6) is 0 Å². The number of fused-ring (bicyclic) bond motifs is 1. The van der Waals surface area contributed by atoms with E-state index in [-0.39, 0.29) is 23.9 Å². The number of amides is 2. The molecule has 1 aromatic rings. The summed E-state index contributed by atoms with van der Waals surface area (Å²) in [5, 5.41) is 1.92. The highest BCUT2D eigenvalue weighted by molar-refractivity contribution is 5.85. The first-order valence-corrected chi connectivity index (χ1v) is 9.91. The van der Waals surface area contributed by atoms with Gasteiger partial charge in [0.15, 0.2) is 0 Å². The molecule has 2 unspecified atom stereocenters. The molecule has 27 heavy (non-hydrogen) atoms. The lowest BCUT2D eigenvalue weighted by Crippen LogP contribution is -2.48. The van der Waals surface area contributed by atoms with E-state index in [1.807, 2.05) is 16.1 Å². The molecule has 2 saturated heterocycles. The number of nitrogens with zero attached hydrogens (tertiary/aromatic N) is 3. The average molecular weight is 368 g/mol. The number of rotatable bonds is 4. The molecule has 6 nitrogen and oxygen atoms in total. The molecule has 2 amide bonds. The molecule has 0 radical (unpaired) electrons. The van der Waals surface area contributed by atoms with Gasteiger partial charge < -0.3 is 14.8 Å². The predicted molar refractivity (Wildman–Crippen MR) is 103 cm³/mol. The minimum atomic E-state index is -0.205. The molecule has 6 heteroatoms. The Morgan fingerprint density at radius 2 is 1.93 bits per heavy atom. The summed E-state index contributed by atoms with van der Waals surface area (Å²) < 4.78 is 0. The summed E-state index contributed by atoms with van der Waals surface area (Å²) in [6.45, 7) is 6.41.